The van der Waals surface area contributed by atoms with Gasteiger partial charge in [0.2, 0.25) is 0 Å². The molecule has 20 heavy (non-hydrogen) atoms. The quantitative estimate of drug-likeness (QED) is 0.905. The van der Waals surface area contributed by atoms with Crippen molar-refractivity contribution in [2.24, 2.45) is 0 Å². The Morgan fingerprint density at radius 3 is 2.95 bits per heavy atom. The van der Waals surface area contributed by atoms with Crippen LogP contribution in [0, 0.1) is 11.3 Å². The standard InChI is InChI=1S/C16H17N3O/c1-12(14-4-3-5-16(9-14)20-2)19-11-13-6-7-18-15(8-13)10-17/h3-9,12,19H,11H2,1-2H3/t12-/m0/s1. The lowest BCUT2D eigenvalue weighted by Crippen LogP contribution is -2.18. The third-order valence-corrected chi connectivity index (χ3v) is 3.15. The van der Waals surface area contributed by atoms with Crippen molar-refractivity contribution in [3.8, 4) is 11.8 Å². The Bertz CT molecular complexity index is 619. The second-order valence-electron chi connectivity index (χ2n) is 4.54. The van der Waals surface area contributed by atoms with Gasteiger partial charge in [-0.1, -0.05) is 12.1 Å². The molecule has 0 radical (unpaired) electrons. The van der Waals surface area contributed by atoms with Gasteiger partial charge in [-0.2, -0.15) is 5.26 Å². The average Bonchev–Trinajstić information content (AvgIpc) is 2.52. The molecule has 0 spiro atoms. The third-order valence-electron chi connectivity index (χ3n) is 3.15. The Labute approximate surface area is 119 Å². The summed E-state index contributed by atoms with van der Waals surface area (Å²) in [4.78, 5) is 3.96. The number of aromatic nitrogens is 1. The van der Waals surface area contributed by atoms with Crippen LogP contribution in [0.15, 0.2) is 42.6 Å². The second kappa shape index (κ2) is 6.69. The second-order valence-corrected chi connectivity index (χ2v) is 4.54. The summed E-state index contributed by atoms with van der Waals surface area (Å²) in [5, 5.41) is 12.3. The molecule has 0 fully saturated rings. The number of nitrogens with zero attached hydrogens (tertiary/aromatic N) is 2. The summed E-state index contributed by atoms with van der Waals surface area (Å²) in [6.07, 6.45) is 1.66. The Morgan fingerprint density at radius 2 is 2.20 bits per heavy atom. The van der Waals surface area contributed by atoms with E-state index in [1.807, 2.05) is 30.3 Å². The number of nitriles is 1. The first-order chi connectivity index (χ1) is 9.72. The fourth-order valence-corrected chi connectivity index (χ4v) is 1.95. The van der Waals surface area contributed by atoms with Gasteiger partial charge in [0.25, 0.3) is 0 Å². The lowest BCUT2D eigenvalue weighted by Gasteiger charge is -2.15. The normalized spacial score (nSPS) is 11.7. The smallest absolute Gasteiger partial charge is 0.140 e. The molecule has 1 aromatic heterocycles. The van der Waals surface area contributed by atoms with E-state index in [0.717, 1.165) is 11.3 Å². The molecule has 1 heterocycles. The predicted molar refractivity (Wildman–Crippen MR) is 77.2 cm³/mol. The molecule has 0 saturated carbocycles. The van der Waals surface area contributed by atoms with Crippen LogP contribution in [0.3, 0.4) is 0 Å². The molecule has 1 atom stereocenters. The lowest BCUT2D eigenvalue weighted by molar-refractivity contribution is 0.413. The largest absolute Gasteiger partial charge is 0.497 e. The van der Waals surface area contributed by atoms with Crippen molar-refractivity contribution >= 4 is 0 Å². The van der Waals surface area contributed by atoms with Crippen molar-refractivity contribution < 1.29 is 4.74 Å². The zero-order valence-corrected chi connectivity index (χ0v) is 11.6. The van der Waals surface area contributed by atoms with Crippen LogP contribution in [0.2, 0.25) is 0 Å². The number of hydrogen-bond donors (Lipinski definition) is 1. The summed E-state index contributed by atoms with van der Waals surface area (Å²) in [7, 11) is 1.66. The highest BCUT2D eigenvalue weighted by Gasteiger charge is 2.06. The molecule has 0 aliphatic heterocycles. The number of rotatable bonds is 5. The molecule has 2 rings (SSSR count). The van der Waals surface area contributed by atoms with Crippen molar-refractivity contribution in [3.63, 3.8) is 0 Å². The van der Waals surface area contributed by atoms with Crippen LogP contribution < -0.4 is 10.1 Å². The molecule has 0 aliphatic carbocycles. The number of ether oxygens (including phenoxy) is 1. The molecular formula is C16H17N3O. The summed E-state index contributed by atoms with van der Waals surface area (Å²) in [6.45, 7) is 2.79. The van der Waals surface area contributed by atoms with E-state index in [0.29, 0.717) is 12.2 Å². The van der Waals surface area contributed by atoms with Crippen LogP contribution in [-0.4, -0.2) is 12.1 Å². The van der Waals surface area contributed by atoms with Gasteiger partial charge in [-0.25, -0.2) is 4.98 Å². The third kappa shape index (κ3) is 3.56. The summed E-state index contributed by atoms with van der Waals surface area (Å²) >= 11 is 0. The maximum atomic E-state index is 8.83. The van der Waals surface area contributed by atoms with Gasteiger partial charge in [0.15, 0.2) is 0 Å². The van der Waals surface area contributed by atoms with Gasteiger partial charge < -0.3 is 10.1 Å². The SMILES string of the molecule is COc1cccc([C@H](C)NCc2ccnc(C#N)c2)c1. The van der Waals surface area contributed by atoms with Crippen molar-refractivity contribution in [2.45, 2.75) is 19.5 Å². The predicted octanol–water partition coefficient (Wildman–Crippen LogP) is 2.81. The highest BCUT2D eigenvalue weighted by atomic mass is 16.5. The van der Waals surface area contributed by atoms with Crippen molar-refractivity contribution in [3.05, 3.63) is 59.4 Å². The van der Waals surface area contributed by atoms with Gasteiger partial charge in [-0.05, 0) is 42.3 Å². The van der Waals surface area contributed by atoms with E-state index in [2.05, 4.69) is 23.3 Å². The first-order valence-corrected chi connectivity index (χ1v) is 6.45. The van der Waals surface area contributed by atoms with E-state index in [9.17, 15) is 0 Å². The van der Waals surface area contributed by atoms with E-state index < -0.39 is 0 Å². The molecule has 0 aliphatic rings. The Kier molecular flexibility index (Phi) is 4.70. The molecule has 102 valence electrons. The van der Waals surface area contributed by atoms with Gasteiger partial charge >= 0.3 is 0 Å². The molecule has 4 heteroatoms. The van der Waals surface area contributed by atoms with Gasteiger partial charge in [0.05, 0.1) is 7.11 Å². The van der Waals surface area contributed by atoms with E-state index in [1.54, 1.807) is 19.4 Å². The Hall–Kier alpha value is -2.38. The number of pyridine rings is 1. The minimum absolute atomic E-state index is 0.198. The molecule has 0 saturated heterocycles. The van der Waals surface area contributed by atoms with E-state index in [1.165, 1.54) is 5.56 Å². The number of benzene rings is 1. The Morgan fingerprint density at radius 1 is 1.35 bits per heavy atom. The molecule has 1 aromatic carbocycles. The molecule has 1 N–H and O–H groups in total. The molecule has 0 bridgehead atoms. The minimum Gasteiger partial charge on any atom is -0.497 e. The van der Waals surface area contributed by atoms with Crippen molar-refractivity contribution in [1.82, 2.24) is 10.3 Å². The van der Waals surface area contributed by atoms with Crippen LogP contribution in [-0.2, 0) is 6.54 Å². The number of methoxy groups -OCH3 is 1. The molecule has 4 nitrogen and oxygen atoms in total. The average molecular weight is 267 g/mol. The van der Waals surface area contributed by atoms with E-state index in [4.69, 9.17) is 10.00 Å². The maximum Gasteiger partial charge on any atom is 0.140 e. The summed E-state index contributed by atoms with van der Waals surface area (Å²) in [5.41, 5.74) is 2.66. The zero-order chi connectivity index (χ0) is 14.4. The van der Waals surface area contributed by atoms with Crippen LogP contribution in [0.4, 0.5) is 0 Å². The fourth-order valence-electron chi connectivity index (χ4n) is 1.95. The zero-order valence-electron chi connectivity index (χ0n) is 11.6. The van der Waals surface area contributed by atoms with Crippen LogP contribution >= 0.6 is 0 Å². The molecule has 0 unspecified atom stereocenters. The van der Waals surface area contributed by atoms with Crippen LogP contribution in [0.1, 0.15) is 29.8 Å². The van der Waals surface area contributed by atoms with Crippen LogP contribution in [0.25, 0.3) is 0 Å². The summed E-state index contributed by atoms with van der Waals surface area (Å²) < 4.78 is 5.23. The van der Waals surface area contributed by atoms with Crippen molar-refractivity contribution in [1.29, 1.82) is 5.26 Å². The number of nitrogens with one attached hydrogen (secondary N) is 1. The van der Waals surface area contributed by atoms with Crippen molar-refractivity contribution in [2.75, 3.05) is 7.11 Å². The molecular weight excluding hydrogens is 250 g/mol. The fraction of sp³-hybridized carbons (Fsp3) is 0.250. The summed E-state index contributed by atoms with van der Waals surface area (Å²) in [5.74, 6) is 0.854. The van der Waals surface area contributed by atoms with E-state index in [-0.39, 0.29) is 6.04 Å². The first-order valence-electron chi connectivity index (χ1n) is 6.45. The maximum absolute atomic E-state index is 8.83. The monoisotopic (exact) mass is 267 g/mol. The molecule has 0 amide bonds. The van der Waals surface area contributed by atoms with Gasteiger partial charge in [-0.15, -0.1) is 0 Å². The first kappa shape index (κ1) is 14.0. The van der Waals surface area contributed by atoms with Gasteiger partial charge in [0.1, 0.15) is 17.5 Å². The highest BCUT2D eigenvalue weighted by Crippen LogP contribution is 2.19. The van der Waals surface area contributed by atoms with E-state index >= 15 is 0 Å². The topological polar surface area (TPSA) is 57.9 Å². The van der Waals surface area contributed by atoms with Crippen LogP contribution in [0.5, 0.6) is 5.75 Å². The highest BCUT2D eigenvalue weighted by molar-refractivity contribution is 5.30. The lowest BCUT2D eigenvalue weighted by atomic mass is 10.1. The minimum atomic E-state index is 0.198. The summed E-state index contributed by atoms with van der Waals surface area (Å²) in [6, 6.07) is 13.9. The van der Waals surface area contributed by atoms with Gasteiger partial charge in [0, 0.05) is 18.8 Å². The number of hydrogen-bond acceptors (Lipinski definition) is 4. The van der Waals surface area contributed by atoms with Gasteiger partial charge in [-0.3, -0.25) is 0 Å². The Balaban J connectivity index is 2.00. The molecule has 2 aromatic rings.